The second-order valence-corrected chi connectivity index (χ2v) is 11.5. The smallest absolute Gasteiger partial charge is 0.0673 e. The third-order valence-corrected chi connectivity index (χ3v) is 8.56. The third kappa shape index (κ3) is 4.58. The first kappa shape index (κ1) is 22.9. The first-order valence-electron chi connectivity index (χ1n) is 12.2. The molecule has 6 atom stereocenters. The number of nitrogens with zero attached hydrogens (tertiary/aromatic N) is 3. The van der Waals surface area contributed by atoms with Crippen molar-refractivity contribution in [1.82, 2.24) is 25.3 Å². The number of hydrogen-bond acceptors (Lipinski definition) is 7. The molecule has 4 rings (SSSR count). The van der Waals surface area contributed by atoms with Gasteiger partial charge in [-0.05, 0) is 64.6 Å². The van der Waals surface area contributed by atoms with E-state index in [1.165, 1.54) is 45.4 Å². The molecule has 5 N–H and O–H groups in total. The Bertz CT molecular complexity index is 586. The zero-order valence-electron chi connectivity index (χ0n) is 19.7. The molecule has 4 unspecified atom stereocenters. The molecule has 1 aliphatic carbocycles. The summed E-state index contributed by atoms with van der Waals surface area (Å²) < 4.78 is 0. The molecule has 4 fully saturated rings. The average molecular weight is 423 g/mol. The number of aliphatic hydroxyl groups excluding tert-OH is 1. The maximum absolute atomic E-state index is 9.27. The molecule has 0 amide bonds. The van der Waals surface area contributed by atoms with Crippen molar-refractivity contribution in [3.05, 3.63) is 0 Å². The van der Waals surface area contributed by atoms with Crippen molar-refractivity contribution < 1.29 is 5.11 Å². The van der Waals surface area contributed by atoms with Crippen molar-refractivity contribution in [2.24, 2.45) is 28.9 Å². The van der Waals surface area contributed by atoms with Crippen LogP contribution in [0.5, 0.6) is 0 Å². The normalized spacial score (nSPS) is 42.4. The van der Waals surface area contributed by atoms with Crippen LogP contribution in [-0.4, -0.2) is 111 Å². The van der Waals surface area contributed by atoms with Crippen LogP contribution in [0.4, 0.5) is 0 Å². The number of rotatable bonds is 8. The number of aliphatic hydroxyl groups is 1. The molecule has 4 aliphatic rings. The summed E-state index contributed by atoms with van der Waals surface area (Å²) in [4.78, 5) is 7.73. The second kappa shape index (κ2) is 8.93. The Hall–Kier alpha value is -0.280. The van der Waals surface area contributed by atoms with Crippen molar-refractivity contribution >= 4 is 0 Å². The van der Waals surface area contributed by atoms with Gasteiger partial charge in [-0.1, -0.05) is 6.92 Å². The van der Waals surface area contributed by atoms with Gasteiger partial charge in [-0.25, -0.2) is 0 Å². The Kier molecular flexibility index (Phi) is 6.81. The van der Waals surface area contributed by atoms with E-state index in [2.05, 4.69) is 53.3 Å². The Labute approximate surface area is 183 Å². The number of likely N-dealkylation sites (N-methyl/N-ethyl adjacent to an activating group) is 2. The summed E-state index contributed by atoms with van der Waals surface area (Å²) in [6.45, 7) is 13.5. The molecule has 174 valence electrons. The van der Waals surface area contributed by atoms with E-state index in [1.54, 1.807) is 0 Å². The molecule has 0 aromatic heterocycles. The van der Waals surface area contributed by atoms with Crippen LogP contribution < -0.4 is 16.4 Å². The number of likely N-dealkylation sites (tertiary alicyclic amines) is 3. The highest BCUT2D eigenvalue weighted by molar-refractivity contribution is 5.16. The molecule has 7 nitrogen and oxygen atoms in total. The molecule has 0 aromatic carbocycles. The van der Waals surface area contributed by atoms with Gasteiger partial charge in [0.05, 0.1) is 12.8 Å². The molecule has 7 heteroatoms. The molecule has 1 saturated carbocycles. The highest BCUT2D eigenvalue weighted by Crippen LogP contribution is 2.56. The number of nitrogens with two attached hydrogens (primary N) is 1. The minimum absolute atomic E-state index is 0.136. The third-order valence-electron chi connectivity index (χ3n) is 8.56. The summed E-state index contributed by atoms with van der Waals surface area (Å²) in [6.07, 6.45) is 4.25. The van der Waals surface area contributed by atoms with Crippen LogP contribution in [0.1, 0.15) is 33.1 Å². The highest BCUT2D eigenvalue weighted by atomic mass is 16.3. The molecule has 0 aromatic rings. The fraction of sp³-hybridized carbons (Fsp3) is 1.00. The average Bonchev–Trinajstić information content (AvgIpc) is 3.34. The number of hydrogen-bond donors (Lipinski definition) is 4. The van der Waals surface area contributed by atoms with Crippen molar-refractivity contribution in [2.75, 3.05) is 73.1 Å². The summed E-state index contributed by atoms with van der Waals surface area (Å²) >= 11 is 0. The quantitative estimate of drug-likeness (QED) is 0.432. The van der Waals surface area contributed by atoms with E-state index in [-0.39, 0.29) is 12.1 Å². The predicted molar refractivity (Wildman–Crippen MR) is 122 cm³/mol. The maximum Gasteiger partial charge on any atom is 0.0673 e. The summed E-state index contributed by atoms with van der Waals surface area (Å²) in [6, 6.07) is 0.493. The molecule has 3 heterocycles. The minimum Gasteiger partial charge on any atom is -0.395 e. The zero-order chi connectivity index (χ0) is 21.5. The fourth-order valence-corrected chi connectivity index (χ4v) is 7.12. The fourth-order valence-electron chi connectivity index (χ4n) is 7.12. The second-order valence-electron chi connectivity index (χ2n) is 11.5. The van der Waals surface area contributed by atoms with Crippen molar-refractivity contribution in [3.8, 4) is 0 Å². The number of piperidine rings is 1. The maximum atomic E-state index is 9.27. The molecule has 0 radical (unpaired) electrons. The summed E-state index contributed by atoms with van der Waals surface area (Å²) in [7, 11) is 4.56. The van der Waals surface area contributed by atoms with E-state index in [9.17, 15) is 5.11 Å². The van der Waals surface area contributed by atoms with Gasteiger partial charge in [-0.3, -0.25) is 10.2 Å². The van der Waals surface area contributed by atoms with Crippen LogP contribution in [0.25, 0.3) is 0 Å². The summed E-state index contributed by atoms with van der Waals surface area (Å²) in [5.74, 6) is 2.10. The van der Waals surface area contributed by atoms with Gasteiger partial charge in [0, 0.05) is 62.8 Å². The van der Waals surface area contributed by atoms with Gasteiger partial charge in [-0.15, -0.1) is 0 Å². The van der Waals surface area contributed by atoms with E-state index in [1.807, 2.05) is 0 Å². The standard InChI is InChI=1S/C23H46N6O/c1-17-11-29(14-19(17)10-24)13-18-9-22(2,16-27(3)12-18)26-21-23(5-6-23)20(15-28(21)4)25-7-8-30/h17-21,25-26,30H,5-16,24H2,1-4H3/t17?,18?,19?,20-,21?,22+/m0/s1. The predicted octanol–water partition coefficient (Wildman–Crippen LogP) is -0.185. The van der Waals surface area contributed by atoms with Crippen LogP contribution in [0, 0.1) is 23.2 Å². The topological polar surface area (TPSA) is 80.0 Å². The summed E-state index contributed by atoms with van der Waals surface area (Å²) in [5, 5.41) is 17.0. The highest BCUT2D eigenvalue weighted by Gasteiger charge is 2.61. The zero-order valence-corrected chi connectivity index (χ0v) is 19.7. The first-order chi connectivity index (χ1) is 14.3. The largest absolute Gasteiger partial charge is 0.395 e. The first-order valence-corrected chi connectivity index (χ1v) is 12.2. The number of nitrogens with one attached hydrogen (secondary N) is 2. The lowest BCUT2D eigenvalue weighted by Gasteiger charge is -2.47. The van der Waals surface area contributed by atoms with Gasteiger partial charge in [0.1, 0.15) is 0 Å². The van der Waals surface area contributed by atoms with Crippen LogP contribution in [0.3, 0.4) is 0 Å². The van der Waals surface area contributed by atoms with E-state index in [4.69, 9.17) is 5.73 Å². The molecule has 30 heavy (non-hydrogen) atoms. The van der Waals surface area contributed by atoms with E-state index in [0.717, 1.165) is 25.6 Å². The Morgan fingerprint density at radius 3 is 2.53 bits per heavy atom. The Morgan fingerprint density at radius 1 is 1.13 bits per heavy atom. The van der Waals surface area contributed by atoms with Crippen molar-refractivity contribution in [3.63, 3.8) is 0 Å². The van der Waals surface area contributed by atoms with Crippen LogP contribution in [0.15, 0.2) is 0 Å². The molecular weight excluding hydrogens is 376 g/mol. The van der Waals surface area contributed by atoms with E-state index < -0.39 is 0 Å². The molecular formula is C23H46N6O. The Morgan fingerprint density at radius 2 is 1.90 bits per heavy atom. The lowest BCUT2D eigenvalue weighted by atomic mass is 9.82. The molecule has 3 saturated heterocycles. The van der Waals surface area contributed by atoms with Gasteiger partial charge in [0.15, 0.2) is 0 Å². The van der Waals surface area contributed by atoms with Crippen LogP contribution in [-0.2, 0) is 0 Å². The van der Waals surface area contributed by atoms with Gasteiger partial charge >= 0.3 is 0 Å². The molecule has 3 aliphatic heterocycles. The lowest BCUT2D eigenvalue weighted by molar-refractivity contribution is 0.0546. The minimum atomic E-state index is 0.136. The van der Waals surface area contributed by atoms with Crippen molar-refractivity contribution in [1.29, 1.82) is 0 Å². The lowest BCUT2D eigenvalue weighted by Crippen LogP contribution is -2.63. The van der Waals surface area contributed by atoms with Gasteiger partial charge in [-0.2, -0.15) is 0 Å². The summed E-state index contributed by atoms with van der Waals surface area (Å²) in [5.41, 5.74) is 6.47. The van der Waals surface area contributed by atoms with Crippen LogP contribution in [0.2, 0.25) is 0 Å². The molecule has 1 spiro atoms. The van der Waals surface area contributed by atoms with E-state index in [0.29, 0.717) is 36.0 Å². The van der Waals surface area contributed by atoms with Gasteiger partial charge in [0.25, 0.3) is 0 Å². The SMILES string of the molecule is CC1CN(CC2CN(C)C[C@](C)(NC3N(C)C[C@H](NCCO)C34CC4)C2)CC1CN. The van der Waals surface area contributed by atoms with Crippen molar-refractivity contribution in [2.45, 2.75) is 50.9 Å². The monoisotopic (exact) mass is 422 g/mol. The Balaban J connectivity index is 1.38. The van der Waals surface area contributed by atoms with E-state index >= 15 is 0 Å². The molecule has 0 bridgehead atoms. The van der Waals surface area contributed by atoms with Gasteiger partial charge in [0.2, 0.25) is 0 Å². The van der Waals surface area contributed by atoms with Crippen LogP contribution >= 0.6 is 0 Å². The van der Waals surface area contributed by atoms with Gasteiger partial charge < -0.3 is 26.0 Å².